The maximum atomic E-state index is 12.3. The third kappa shape index (κ3) is 5.99. The molecule has 0 bridgehead atoms. The number of aromatic nitrogens is 2. The lowest BCUT2D eigenvalue weighted by Crippen LogP contribution is -2.36. The highest BCUT2D eigenvalue weighted by molar-refractivity contribution is 7.90. The van der Waals surface area contributed by atoms with Crippen LogP contribution in [0.3, 0.4) is 0 Å². The van der Waals surface area contributed by atoms with Crippen LogP contribution in [0.4, 0.5) is 13.2 Å². The molecule has 11 heteroatoms. The van der Waals surface area contributed by atoms with Crippen LogP contribution >= 0.6 is 0 Å². The van der Waals surface area contributed by atoms with E-state index >= 15 is 0 Å². The highest BCUT2D eigenvalue weighted by atomic mass is 32.2. The summed E-state index contributed by atoms with van der Waals surface area (Å²) in [5.74, 6) is -0.0781. The zero-order valence-corrected chi connectivity index (χ0v) is 16.9. The van der Waals surface area contributed by atoms with Crippen molar-refractivity contribution in [3.05, 3.63) is 18.2 Å². The molecule has 0 radical (unpaired) electrons. The van der Waals surface area contributed by atoms with Gasteiger partial charge < -0.3 is 14.5 Å². The first-order valence-electron chi connectivity index (χ1n) is 9.42. The predicted octanol–water partition coefficient (Wildman–Crippen LogP) is 3.73. The molecule has 1 aliphatic carbocycles. The van der Waals surface area contributed by atoms with E-state index in [1.165, 1.54) is 18.2 Å². The number of hydrogen-bond acceptors (Lipinski definition) is 5. The fourth-order valence-electron chi connectivity index (χ4n) is 3.23. The summed E-state index contributed by atoms with van der Waals surface area (Å²) in [6.07, 6.45) is -1.72. The fourth-order valence-corrected chi connectivity index (χ4v) is 4.03. The average molecular weight is 435 g/mol. The van der Waals surface area contributed by atoms with E-state index in [1.807, 2.05) is 0 Å². The van der Waals surface area contributed by atoms with Crippen molar-refractivity contribution in [2.45, 2.75) is 57.2 Å². The van der Waals surface area contributed by atoms with E-state index in [2.05, 4.69) is 19.4 Å². The average Bonchev–Trinajstić information content (AvgIpc) is 3.01. The Bertz CT molecular complexity index is 935. The van der Waals surface area contributed by atoms with E-state index in [0.29, 0.717) is 17.6 Å². The number of H-pyrrole nitrogens is 1. The van der Waals surface area contributed by atoms with Gasteiger partial charge in [-0.2, -0.15) is 4.98 Å². The minimum atomic E-state index is -4.75. The Labute approximate surface area is 167 Å². The molecule has 2 N–H and O–H groups in total. The Morgan fingerprint density at radius 1 is 1.24 bits per heavy atom. The summed E-state index contributed by atoms with van der Waals surface area (Å²) in [4.78, 5) is 7.11. The largest absolute Gasteiger partial charge is 0.573 e. The highest BCUT2D eigenvalue weighted by Crippen LogP contribution is 2.29. The SMILES string of the molecule is CC(C)S(=O)(=O)NCC1CCC(Oc2nc3ccc(OC(F)(F)F)cc3[nH]2)CC1. The first kappa shape index (κ1) is 21.7. The van der Waals surface area contributed by atoms with Crippen molar-refractivity contribution in [1.82, 2.24) is 14.7 Å². The quantitative estimate of drug-likeness (QED) is 0.691. The molecule has 1 heterocycles. The van der Waals surface area contributed by atoms with E-state index in [1.54, 1.807) is 13.8 Å². The molecule has 0 spiro atoms. The van der Waals surface area contributed by atoms with E-state index in [-0.39, 0.29) is 23.8 Å². The first-order chi connectivity index (χ1) is 13.5. The first-order valence-corrected chi connectivity index (χ1v) is 11.0. The number of nitrogens with one attached hydrogen (secondary N) is 2. The van der Waals surface area contributed by atoms with E-state index in [4.69, 9.17) is 4.74 Å². The summed E-state index contributed by atoms with van der Waals surface area (Å²) in [6.45, 7) is 3.69. The number of ether oxygens (including phenoxy) is 2. The van der Waals surface area contributed by atoms with Gasteiger partial charge in [-0.1, -0.05) is 0 Å². The minimum Gasteiger partial charge on any atom is -0.461 e. The van der Waals surface area contributed by atoms with Gasteiger partial charge in [0.15, 0.2) is 0 Å². The molecule has 162 valence electrons. The highest BCUT2D eigenvalue weighted by Gasteiger charge is 2.31. The standard InChI is InChI=1S/C18H24F3N3O4S/c1-11(2)29(25,26)22-10-12-3-5-13(6-4-12)27-17-23-15-8-7-14(9-16(15)24-17)28-18(19,20)21/h7-9,11-13,22H,3-6,10H2,1-2H3,(H,23,24). The van der Waals surface area contributed by atoms with Crippen molar-refractivity contribution in [1.29, 1.82) is 0 Å². The maximum absolute atomic E-state index is 12.3. The summed E-state index contributed by atoms with van der Waals surface area (Å²) in [7, 11) is -3.27. The minimum absolute atomic E-state index is 0.0839. The molecule has 0 saturated heterocycles. The normalized spacial score (nSPS) is 20.9. The van der Waals surface area contributed by atoms with Crippen LogP contribution in [0.5, 0.6) is 11.8 Å². The third-order valence-electron chi connectivity index (χ3n) is 4.93. The molecule has 1 saturated carbocycles. The number of fused-ring (bicyclic) bond motifs is 1. The molecule has 0 aliphatic heterocycles. The Hall–Kier alpha value is -2.01. The summed E-state index contributed by atoms with van der Waals surface area (Å²) in [5.41, 5.74) is 0.866. The van der Waals surface area contributed by atoms with Crippen LogP contribution in [0.2, 0.25) is 0 Å². The maximum Gasteiger partial charge on any atom is 0.573 e. The van der Waals surface area contributed by atoms with Crippen molar-refractivity contribution in [2.75, 3.05) is 6.54 Å². The van der Waals surface area contributed by atoms with Crippen LogP contribution in [0.1, 0.15) is 39.5 Å². The molecule has 2 aromatic rings. The predicted molar refractivity (Wildman–Crippen MR) is 101 cm³/mol. The van der Waals surface area contributed by atoms with Crippen LogP contribution in [0, 0.1) is 5.92 Å². The lowest BCUT2D eigenvalue weighted by molar-refractivity contribution is -0.274. The van der Waals surface area contributed by atoms with Crippen LogP contribution in [0.25, 0.3) is 11.0 Å². The second-order valence-electron chi connectivity index (χ2n) is 7.47. The van der Waals surface area contributed by atoms with Crippen molar-refractivity contribution >= 4 is 21.1 Å². The van der Waals surface area contributed by atoms with Crippen molar-refractivity contribution in [3.63, 3.8) is 0 Å². The van der Waals surface area contributed by atoms with Crippen molar-refractivity contribution in [2.24, 2.45) is 5.92 Å². The van der Waals surface area contributed by atoms with Gasteiger partial charge in [0.1, 0.15) is 11.9 Å². The van der Waals surface area contributed by atoms with Crippen LogP contribution in [0.15, 0.2) is 18.2 Å². The molecule has 7 nitrogen and oxygen atoms in total. The second kappa shape index (κ2) is 8.39. The molecular weight excluding hydrogens is 411 g/mol. The monoisotopic (exact) mass is 435 g/mol. The van der Waals surface area contributed by atoms with Crippen LogP contribution < -0.4 is 14.2 Å². The van der Waals surface area contributed by atoms with Gasteiger partial charge in [0.05, 0.1) is 16.3 Å². The van der Waals surface area contributed by atoms with Gasteiger partial charge in [-0.15, -0.1) is 13.2 Å². The van der Waals surface area contributed by atoms with E-state index in [9.17, 15) is 21.6 Å². The lowest BCUT2D eigenvalue weighted by Gasteiger charge is -2.28. The number of nitrogens with zero attached hydrogens (tertiary/aromatic N) is 1. The summed E-state index contributed by atoms with van der Waals surface area (Å²) in [6, 6.07) is 4.09. The zero-order valence-electron chi connectivity index (χ0n) is 16.1. The van der Waals surface area contributed by atoms with Gasteiger partial charge in [-0.05, 0) is 57.6 Å². The Morgan fingerprint density at radius 2 is 1.93 bits per heavy atom. The molecule has 1 fully saturated rings. The van der Waals surface area contributed by atoms with E-state index < -0.39 is 21.6 Å². The number of benzene rings is 1. The van der Waals surface area contributed by atoms with Crippen LogP contribution in [-0.2, 0) is 10.0 Å². The molecule has 29 heavy (non-hydrogen) atoms. The van der Waals surface area contributed by atoms with E-state index in [0.717, 1.165) is 25.7 Å². The molecule has 1 aliphatic rings. The smallest absolute Gasteiger partial charge is 0.461 e. The topological polar surface area (TPSA) is 93.3 Å². The van der Waals surface area contributed by atoms with Gasteiger partial charge in [0, 0.05) is 12.6 Å². The van der Waals surface area contributed by atoms with Gasteiger partial charge in [-0.3, -0.25) is 0 Å². The lowest BCUT2D eigenvalue weighted by atomic mass is 9.87. The number of halogens is 3. The number of aromatic amines is 1. The van der Waals surface area contributed by atoms with Gasteiger partial charge in [0.25, 0.3) is 6.01 Å². The molecule has 0 atom stereocenters. The Morgan fingerprint density at radius 3 is 2.55 bits per heavy atom. The summed E-state index contributed by atoms with van der Waals surface area (Å²) < 4.78 is 73.1. The number of sulfonamides is 1. The van der Waals surface area contributed by atoms with Crippen molar-refractivity contribution < 1.29 is 31.1 Å². The second-order valence-corrected chi connectivity index (χ2v) is 9.79. The Kier molecular flexibility index (Phi) is 6.27. The summed E-state index contributed by atoms with van der Waals surface area (Å²) >= 11 is 0. The molecular formula is C18H24F3N3O4S. The molecule has 0 unspecified atom stereocenters. The van der Waals surface area contributed by atoms with Crippen molar-refractivity contribution in [3.8, 4) is 11.8 Å². The van der Waals surface area contributed by atoms with Gasteiger partial charge in [-0.25, -0.2) is 13.1 Å². The molecule has 1 aromatic carbocycles. The molecule has 1 aromatic heterocycles. The number of alkyl halides is 3. The number of imidazole rings is 1. The molecule has 3 rings (SSSR count). The number of rotatable bonds is 7. The fraction of sp³-hybridized carbons (Fsp3) is 0.611. The van der Waals surface area contributed by atoms with Crippen LogP contribution in [-0.4, -0.2) is 42.6 Å². The number of hydrogen-bond donors (Lipinski definition) is 2. The Balaban J connectivity index is 1.53. The van der Waals surface area contributed by atoms with Gasteiger partial charge in [0.2, 0.25) is 10.0 Å². The summed E-state index contributed by atoms with van der Waals surface area (Å²) in [5, 5.41) is -0.461. The molecule has 0 amide bonds. The van der Waals surface area contributed by atoms with Gasteiger partial charge >= 0.3 is 6.36 Å². The third-order valence-corrected chi connectivity index (χ3v) is 6.74. The zero-order chi connectivity index (χ0) is 21.2.